The zero-order valence-electron chi connectivity index (χ0n) is 28.1. The van der Waals surface area contributed by atoms with Gasteiger partial charge in [-0.05, 0) is 55.7 Å². The molecule has 0 heterocycles. The van der Waals surface area contributed by atoms with E-state index in [1.807, 2.05) is 0 Å². The van der Waals surface area contributed by atoms with Crippen molar-refractivity contribution in [2.24, 2.45) is 44.6 Å². The number of rotatable bonds is 20. The molecule has 1 saturated carbocycles. The fraction of sp³-hybridized carbons (Fsp3) is 0.594. The second-order valence-corrected chi connectivity index (χ2v) is 12.7. The van der Waals surface area contributed by atoms with Crippen LogP contribution in [0.4, 0.5) is 0 Å². The van der Waals surface area contributed by atoms with E-state index in [1.54, 1.807) is 24.3 Å². The molecule has 17 heteroatoms. The summed E-state index contributed by atoms with van der Waals surface area (Å²) in [4.78, 5) is 73.2. The Bertz CT molecular complexity index is 1310. The van der Waals surface area contributed by atoms with E-state index in [0.717, 1.165) is 32.1 Å². The smallest absolute Gasteiger partial charge is 0.243 e. The van der Waals surface area contributed by atoms with Crippen LogP contribution in [0.25, 0.3) is 0 Å². The van der Waals surface area contributed by atoms with Crippen molar-refractivity contribution in [3.05, 3.63) is 34.9 Å². The van der Waals surface area contributed by atoms with Crippen molar-refractivity contribution >= 4 is 53.1 Å². The number of hydrogen-bond donors (Lipinski definition) is 9. The van der Waals surface area contributed by atoms with Gasteiger partial charge < -0.3 is 49.9 Å². The van der Waals surface area contributed by atoms with Crippen LogP contribution in [-0.2, 0) is 30.4 Å². The van der Waals surface area contributed by atoms with E-state index in [2.05, 4.69) is 31.3 Å². The summed E-state index contributed by atoms with van der Waals surface area (Å²) in [6.07, 6.45) is 6.51. The minimum atomic E-state index is -1.15. The molecule has 1 fully saturated rings. The molecule has 0 bridgehead atoms. The fourth-order valence-electron chi connectivity index (χ4n) is 5.67. The first-order chi connectivity index (χ1) is 23.2. The van der Waals surface area contributed by atoms with E-state index in [4.69, 9.17) is 40.3 Å². The van der Waals surface area contributed by atoms with E-state index in [0.29, 0.717) is 29.8 Å². The van der Waals surface area contributed by atoms with Gasteiger partial charge in [-0.15, -0.1) is 0 Å². The number of benzene rings is 1. The molecular weight excluding hydrogens is 654 g/mol. The number of guanidine groups is 2. The molecule has 14 N–H and O–H groups in total. The molecule has 0 saturated heterocycles. The molecule has 1 aromatic rings. The molecule has 4 atom stereocenters. The van der Waals surface area contributed by atoms with Gasteiger partial charge in [0.25, 0.3) is 0 Å². The van der Waals surface area contributed by atoms with Gasteiger partial charge in [-0.1, -0.05) is 55.8 Å². The van der Waals surface area contributed by atoms with Crippen LogP contribution in [0.1, 0.15) is 76.7 Å². The van der Waals surface area contributed by atoms with Gasteiger partial charge in [-0.25, -0.2) is 0 Å². The highest BCUT2D eigenvalue weighted by molar-refractivity contribution is 6.30. The number of nitrogens with zero attached hydrogens (tertiary/aromatic N) is 2. The highest BCUT2D eigenvalue weighted by Crippen LogP contribution is 2.27. The lowest BCUT2D eigenvalue weighted by Crippen LogP contribution is -2.58. The normalized spacial score (nSPS) is 15.4. The van der Waals surface area contributed by atoms with Gasteiger partial charge >= 0.3 is 0 Å². The van der Waals surface area contributed by atoms with Crippen LogP contribution in [0.2, 0.25) is 5.02 Å². The van der Waals surface area contributed by atoms with Gasteiger partial charge in [0.2, 0.25) is 29.5 Å². The topological polar surface area (TPSA) is 288 Å². The number of amides is 5. The summed E-state index contributed by atoms with van der Waals surface area (Å²) in [7, 11) is 0. The number of nitrogens with two attached hydrogens (primary N) is 5. The molecular formula is C32H52ClN11O5. The number of hydrogen-bond acceptors (Lipinski definition) is 7. The third kappa shape index (κ3) is 16.4. The van der Waals surface area contributed by atoms with Crippen LogP contribution in [0, 0.1) is 5.92 Å². The molecule has 2 rings (SSSR count). The van der Waals surface area contributed by atoms with Crippen molar-refractivity contribution in [1.29, 1.82) is 0 Å². The summed E-state index contributed by atoms with van der Waals surface area (Å²) >= 11 is 6.06. The van der Waals surface area contributed by atoms with Crippen molar-refractivity contribution < 1.29 is 24.0 Å². The predicted molar refractivity (Wildman–Crippen MR) is 189 cm³/mol. The number of halogens is 1. The Morgan fingerprint density at radius 3 is 1.67 bits per heavy atom. The van der Waals surface area contributed by atoms with Gasteiger partial charge in [0, 0.05) is 31.5 Å². The number of primary amides is 1. The van der Waals surface area contributed by atoms with E-state index >= 15 is 0 Å². The summed E-state index contributed by atoms with van der Waals surface area (Å²) in [6, 6.07) is 2.54. The first-order valence-electron chi connectivity index (χ1n) is 16.6. The monoisotopic (exact) mass is 705 g/mol. The summed E-state index contributed by atoms with van der Waals surface area (Å²) in [5, 5.41) is 11.3. The quantitative estimate of drug-likeness (QED) is 0.0475. The summed E-state index contributed by atoms with van der Waals surface area (Å²) < 4.78 is 0. The molecule has 49 heavy (non-hydrogen) atoms. The molecule has 0 spiro atoms. The highest BCUT2D eigenvalue weighted by Gasteiger charge is 2.32. The fourth-order valence-corrected chi connectivity index (χ4v) is 5.80. The largest absolute Gasteiger partial charge is 0.370 e. The second-order valence-electron chi connectivity index (χ2n) is 12.3. The van der Waals surface area contributed by atoms with Crippen molar-refractivity contribution in [1.82, 2.24) is 21.3 Å². The second kappa shape index (κ2) is 21.4. The lowest BCUT2D eigenvalue weighted by Gasteiger charge is -2.28. The molecule has 1 aliphatic carbocycles. The Morgan fingerprint density at radius 2 is 1.18 bits per heavy atom. The van der Waals surface area contributed by atoms with Crippen LogP contribution in [0.5, 0.6) is 0 Å². The molecule has 5 amide bonds. The maximum atomic E-state index is 13.8. The SMILES string of the molecule is CC(=O)N[C@@H](CCCN=C(N)N)C(=O)N[C@@H](CCCN=C(N)N)C(=O)N[C@H](Cc1ccc(Cl)cc1)C(=O)N[C@@H](CC1CCCCC1)C(N)=O. The zero-order valence-corrected chi connectivity index (χ0v) is 28.8. The number of aliphatic imine (C=N–C) groups is 2. The molecule has 16 nitrogen and oxygen atoms in total. The van der Waals surface area contributed by atoms with Gasteiger partial charge in [-0.3, -0.25) is 34.0 Å². The molecule has 1 aromatic carbocycles. The van der Waals surface area contributed by atoms with Crippen LogP contribution < -0.4 is 49.9 Å². The van der Waals surface area contributed by atoms with Crippen molar-refractivity contribution in [3.8, 4) is 0 Å². The standard InChI is InChI=1S/C32H52ClN11O5/c1-19(45)41-23(9-5-15-39-31(35)36)28(47)42-24(10-6-16-40-32(37)38)29(48)44-26(18-21-11-13-22(33)14-12-21)30(49)43-25(27(34)46)17-20-7-3-2-4-8-20/h11-14,20,23-26H,2-10,15-18H2,1H3,(H2,34,46)(H,41,45)(H,42,47)(H,43,49)(H,44,48)(H4,35,36,39)(H4,37,38,40)/t23-,24-,25-,26+/m0/s1. The minimum absolute atomic E-state index is 0.0532. The first kappa shape index (κ1) is 40.6. The average Bonchev–Trinajstić information content (AvgIpc) is 3.04. The summed E-state index contributed by atoms with van der Waals surface area (Å²) in [5.41, 5.74) is 28.0. The van der Waals surface area contributed by atoms with Crippen LogP contribution >= 0.6 is 11.6 Å². The Hall–Kier alpha value is -4.60. The van der Waals surface area contributed by atoms with Gasteiger partial charge in [0.15, 0.2) is 11.9 Å². The predicted octanol–water partition coefficient (Wildman–Crippen LogP) is -0.595. The zero-order chi connectivity index (χ0) is 36.3. The number of carbonyl (C=O) groups is 5. The van der Waals surface area contributed by atoms with Crippen LogP contribution in [-0.4, -0.2) is 78.7 Å². The van der Waals surface area contributed by atoms with Crippen molar-refractivity contribution in [3.63, 3.8) is 0 Å². The number of nitrogens with one attached hydrogen (secondary N) is 4. The lowest BCUT2D eigenvalue weighted by molar-refractivity contribution is -0.134. The molecule has 0 unspecified atom stereocenters. The maximum absolute atomic E-state index is 13.8. The van der Waals surface area contributed by atoms with E-state index in [9.17, 15) is 24.0 Å². The van der Waals surface area contributed by atoms with E-state index in [-0.39, 0.29) is 50.2 Å². The lowest BCUT2D eigenvalue weighted by atomic mass is 9.84. The average molecular weight is 706 g/mol. The summed E-state index contributed by atoms with van der Waals surface area (Å²) in [6.45, 7) is 1.66. The number of carbonyl (C=O) groups excluding carboxylic acids is 5. The molecule has 0 aromatic heterocycles. The third-order valence-corrected chi connectivity index (χ3v) is 8.41. The third-order valence-electron chi connectivity index (χ3n) is 8.16. The highest BCUT2D eigenvalue weighted by atomic mass is 35.5. The molecule has 0 aliphatic heterocycles. The van der Waals surface area contributed by atoms with Crippen LogP contribution in [0.3, 0.4) is 0 Å². The Kier molecular flexibility index (Phi) is 17.7. The van der Waals surface area contributed by atoms with E-state index < -0.39 is 53.7 Å². The van der Waals surface area contributed by atoms with Gasteiger partial charge in [-0.2, -0.15) is 0 Å². The van der Waals surface area contributed by atoms with E-state index in [1.165, 1.54) is 6.92 Å². The van der Waals surface area contributed by atoms with Crippen LogP contribution in [0.15, 0.2) is 34.3 Å². The maximum Gasteiger partial charge on any atom is 0.243 e. The molecule has 1 aliphatic rings. The molecule has 272 valence electrons. The Morgan fingerprint density at radius 1 is 0.714 bits per heavy atom. The Balaban J connectivity index is 2.30. The molecule has 0 radical (unpaired) electrons. The summed E-state index contributed by atoms with van der Waals surface area (Å²) in [5.74, 6) is -3.00. The van der Waals surface area contributed by atoms with Crippen molar-refractivity contribution in [2.75, 3.05) is 13.1 Å². The Labute approximate surface area is 292 Å². The first-order valence-corrected chi connectivity index (χ1v) is 17.0. The minimum Gasteiger partial charge on any atom is -0.370 e. The van der Waals surface area contributed by atoms with Crippen molar-refractivity contribution in [2.45, 2.75) is 102 Å². The van der Waals surface area contributed by atoms with Gasteiger partial charge in [0.05, 0.1) is 0 Å². The van der Waals surface area contributed by atoms with Gasteiger partial charge in [0.1, 0.15) is 24.2 Å².